The molecule has 132 valence electrons. The van der Waals surface area contributed by atoms with Gasteiger partial charge in [0.1, 0.15) is 6.61 Å². The number of nitrogens with zero attached hydrogens (tertiary/aromatic N) is 3. The molecule has 2 atom stereocenters. The van der Waals surface area contributed by atoms with Gasteiger partial charge in [-0.05, 0) is 30.8 Å². The number of aromatic nitrogens is 2. The number of carbonyl (C=O) groups is 2. The molecule has 2 heterocycles. The predicted molar refractivity (Wildman–Crippen MR) is 88.6 cm³/mol. The summed E-state index contributed by atoms with van der Waals surface area (Å²) in [5.41, 5.74) is 0. The van der Waals surface area contributed by atoms with Crippen LogP contribution in [0.2, 0.25) is 0 Å². The Morgan fingerprint density at radius 1 is 1.24 bits per heavy atom. The van der Waals surface area contributed by atoms with E-state index in [1.54, 1.807) is 20.2 Å². The van der Waals surface area contributed by atoms with Gasteiger partial charge in [-0.15, -0.1) is 10.2 Å². The molecule has 1 aliphatic rings. The number of hydrogen-bond donors (Lipinski definition) is 0. The molecule has 0 fully saturated rings. The van der Waals surface area contributed by atoms with Crippen molar-refractivity contribution in [1.29, 1.82) is 0 Å². The molecular formula is C16H17N3O5S. The van der Waals surface area contributed by atoms with Crippen molar-refractivity contribution in [3.63, 3.8) is 0 Å². The summed E-state index contributed by atoms with van der Waals surface area (Å²) < 4.78 is 17.0. The lowest BCUT2D eigenvalue weighted by atomic mass is 10.2. The SMILES string of the molecule is CC(=O)[C@H](Sc1nnc([C@H]2COc3ccccc3O2)o1)C(=O)N(C)C. The minimum absolute atomic E-state index is 0.132. The first-order chi connectivity index (χ1) is 12.0. The molecule has 25 heavy (non-hydrogen) atoms. The highest BCUT2D eigenvalue weighted by molar-refractivity contribution is 8.01. The fourth-order valence-corrected chi connectivity index (χ4v) is 3.08. The van der Waals surface area contributed by atoms with Crippen molar-refractivity contribution in [2.24, 2.45) is 0 Å². The zero-order chi connectivity index (χ0) is 18.0. The molecule has 0 unspecified atom stereocenters. The maximum absolute atomic E-state index is 12.1. The molecule has 0 saturated carbocycles. The number of ether oxygens (including phenoxy) is 2. The number of carbonyl (C=O) groups excluding carboxylic acids is 2. The third-order valence-corrected chi connectivity index (χ3v) is 4.59. The minimum Gasteiger partial charge on any atom is -0.485 e. The Morgan fingerprint density at radius 2 is 1.96 bits per heavy atom. The van der Waals surface area contributed by atoms with Gasteiger partial charge in [-0.25, -0.2) is 0 Å². The molecule has 1 aromatic heterocycles. The summed E-state index contributed by atoms with van der Waals surface area (Å²) >= 11 is 0.926. The largest absolute Gasteiger partial charge is 0.485 e. The molecule has 0 aliphatic carbocycles. The molecule has 1 amide bonds. The highest BCUT2D eigenvalue weighted by Crippen LogP contribution is 2.36. The molecule has 3 rings (SSSR count). The summed E-state index contributed by atoms with van der Waals surface area (Å²) in [6, 6.07) is 7.29. The molecular weight excluding hydrogens is 346 g/mol. The Balaban J connectivity index is 1.72. The number of para-hydroxylation sites is 2. The normalized spacial score (nSPS) is 17.0. The van der Waals surface area contributed by atoms with Gasteiger partial charge in [0.25, 0.3) is 11.1 Å². The van der Waals surface area contributed by atoms with Gasteiger partial charge in [0.05, 0.1) is 0 Å². The van der Waals surface area contributed by atoms with Crippen molar-refractivity contribution in [1.82, 2.24) is 15.1 Å². The number of rotatable bonds is 5. The van der Waals surface area contributed by atoms with Crippen LogP contribution in [0.4, 0.5) is 0 Å². The van der Waals surface area contributed by atoms with Crippen LogP contribution >= 0.6 is 11.8 Å². The first-order valence-corrected chi connectivity index (χ1v) is 8.44. The number of fused-ring (bicyclic) bond motifs is 1. The van der Waals surface area contributed by atoms with Gasteiger partial charge in [-0.3, -0.25) is 9.59 Å². The van der Waals surface area contributed by atoms with Crippen LogP contribution in [0.1, 0.15) is 18.9 Å². The highest BCUT2D eigenvalue weighted by Gasteiger charge is 2.31. The second-order valence-electron chi connectivity index (χ2n) is 5.61. The number of amides is 1. The van der Waals surface area contributed by atoms with Gasteiger partial charge in [-0.2, -0.15) is 0 Å². The Kier molecular flexibility index (Phi) is 4.93. The van der Waals surface area contributed by atoms with Crippen LogP contribution < -0.4 is 9.47 Å². The van der Waals surface area contributed by atoms with E-state index < -0.39 is 11.4 Å². The molecule has 9 heteroatoms. The van der Waals surface area contributed by atoms with E-state index in [2.05, 4.69) is 10.2 Å². The smallest absolute Gasteiger partial charge is 0.277 e. The van der Waals surface area contributed by atoms with Crippen LogP contribution in [0.25, 0.3) is 0 Å². The fourth-order valence-electron chi connectivity index (χ4n) is 2.18. The quantitative estimate of drug-likeness (QED) is 0.585. The standard InChI is InChI=1S/C16H17N3O5S/c1-9(20)13(15(21)19(2)3)25-16-18-17-14(24-16)12-8-22-10-6-4-5-7-11(10)23-12/h4-7,12-13H,8H2,1-3H3/t12-,13+/m1/s1. The average molecular weight is 363 g/mol. The third-order valence-electron chi connectivity index (χ3n) is 3.46. The summed E-state index contributed by atoms with van der Waals surface area (Å²) in [6.45, 7) is 1.58. The van der Waals surface area contributed by atoms with E-state index in [1.807, 2.05) is 18.2 Å². The van der Waals surface area contributed by atoms with Crippen LogP contribution in [-0.4, -0.2) is 52.7 Å². The van der Waals surface area contributed by atoms with Crippen LogP contribution in [0, 0.1) is 0 Å². The molecule has 2 aromatic rings. The van der Waals surface area contributed by atoms with Gasteiger partial charge in [0.2, 0.25) is 12.0 Å². The molecule has 1 aliphatic heterocycles. The lowest BCUT2D eigenvalue weighted by Crippen LogP contribution is -2.35. The Hall–Kier alpha value is -2.55. The summed E-state index contributed by atoms with van der Waals surface area (Å²) in [5, 5.41) is 7.06. The Bertz CT molecular complexity index is 792. The predicted octanol–water partition coefficient (Wildman–Crippen LogP) is 1.72. The summed E-state index contributed by atoms with van der Waals surface area (Å²) in [5.74, 6) is 0.867. The monoisotopic (exact) mass is 363 g/mol. The molecule has 0 N–H and O–H groups in total. The van der Waals surface area contributed by atoms with Crippen molar-refractivity contribution in [2.45, 2.75) is 23.5 Å². The number of Topliss-reactive ketones (excluding diaryl/α,β-unsaturated/α-hetero) is 1. The summed E-state index contributed by atoms with van der Waals surface area (Å²) in [6.07, 6.45) is -0.544. The molecule has 1 aromatic carbocycles. The zero-order valence-corrected chi connectivity index (χ0v) is 14.8. The molecule has 0 bridgehead atoms. The van der Waals surface area contributed by atoms with E-state index >= 15 is 0 Å². The van der Waals surface area contributed by atoms with Gasteiger partial charge in [-0.1, -0.05) is 12.1 Å². The number of hydrogen-bond acceptors (Lipinski definition) is 8. The second kappa shape index (κ2) is 7.14. The highest BCUT2D eigenvalue weighted by atomic mass is 32.2. The van der Waals surface area contributed by atoms with Gasteiger partial charge in [0.15, 0.2) is 22.5 Å². The van der Waals surface area contributed by atoms with E-state index in [1.165, 1.54) is 11.8 Å². The molecule has 8 nitrogen and oxygen atoms in total. The van der Waals surface area contributed by atoms with Crippen molar-refractivity contribution in [3.8, 4) is 11.5 Å². The number of ketones is 1. The van der Waals surface area contributed by atoms with Crippen molar-refractivity contribution in [2.75, 3.05) is 20.7 Å². The maximum atomic E-state index is 12.1. The van der Waals surface area contributed by atoms with E-state index in [0.29, 0.717) is 11.5 Å². The minimum atomic E-state index is -0.924. The first-order valence-electron chi connectivity index (χ1n) is 7.56. The molecule has 0 radical (unpaired) electrons. The van der Waals surface area contributed by atoms with Gasteiger partial charge < -0.3 is 18.8 Å². The number of thioether (sulfide) groups is 1. The van der Waals surface area contributed by atoms with Crippen molar-refractivity contribution >= 4 is 23.5 Å². The van der Waals surface area contributed by atoms with E-state index in [-0.39, 0.29) is 29.4 Å². The van der Waals surface area contributed by atoms with Crippen molar-refractivity contribution in [3.05, 3.63) is 30.2 Å². The average Bonchev–Trinajstić information content (AvgIpc) is 3.07. The van der Waals surface area contributed by atoms with Crippen LogP contribution in [-0.2, 0) is 9.59 Å². The van der Waals surface area contributed by atoms with Crippen LogP contribution in [0.5, 0.6) is 11.5 Å². The zero-order valence-electron chi connectivity index (χ0n) is 14.0. The molecule has 0 saturated heterocycles. The summed E-state index contributed by atoms with van der Waals surface area (Å²) in [4.78, 5) is 25.2. The van der Waals surface area contributed by atoms with Gasteiger partial charge >= 0.3 is 0 Å². The Labute approximate surface area is 148 Å². The third kappa shape index (κ3) is 3.76. The van der Waals surface area contributed by atoms with Crippen molar-refractivity contribution < 1.29 is 23.5 Å². The Morgan fingerprint density at radius 3 is 2.64 bits per heavy atom. The van der Waals surface area contributed by atoms with Crippen LogP contribution in [0.15, 0.2) is 33.9 Å². The first kappa shape index (κ1) is 17.3. The van der Waals surface area contributed by atoms with E-state index in [9.17, 15) is 9.59 Å². The second-order valence-corrected chi connectivity index (χ2v) is 6.67. The van der Waals surface area contributed by atoms with Gasteiger partial charge in [0, 0.05) is 14.1 Å². The lowest BCUT2D eigenvalue weighted by Gasteiger charge is -2.23. The van der Waals surface area contributed by atoms with E-state index in [4.69, 9.17) is 13.9 Å². The summed E-state index contributed by atoms with van der Waals surface area (Å²) in [7, 11) is 3.17. The fraction of sp³-hybridized carbons (Fsp3) is 0.375. The molecule has 0 spiro atoms. The van der Waals surface area contributed by atoms with Crippen LogP contribution in [0.3, 0.4) is 0 Å². The maximum Gasteiger partial charge on any atom is 0.277 e. The number of benzene rings is 1. The lowest BCUT2D eigenvalue weighted by molar-refractivity contribution is -0.132. The topological polar surface area (TPSA) is 94.8 Å². The van der Waals surface area contributed by atoms with E-state index in [0.717, 1.165) is 11.8 Å².